The predicted octanol–water partition coefficient (Wildman–Crippen LogP) is 5.22. The maximum absolute atomic E-state index is 13.6. The van der Waals surface area contributed by atoms with Gasteiger partial charge in [-0.15, -0.1) is 0 Å². The normalized spacial score (nSPS) is 20.1. The lowest BCUT2D eigenvalue weighted by Crippen LogP contribution is -2.51. The lowest BCUT2D eigenvalue weighted by Gasteiger charge is -2.39. The number of nitrogens with two attached hydrogens (primary N) is 1. The number of piperazine rings is 1. The van der Waals surface area contributed by atoms with Gasteiger partial charge in [0.2, 0.25) is 11.8 Å². The molecule has 4 aromatic rings. The zero-order valence-corrected chi connectivity index (χ0v) is 40.6. The number of hydrogen-bond donors (Lipinski definition) is 4. The van der Waals surface area contributed by atoms with Gasteiger partial charge >= 0.3 is 6.03 Å². The molecule has 0 spiro atoms. The summed E-state index contributed by atoms with van der Waals surface area (Å²) in [6.07, 6.45) is 4.86. The molecule has 362 valence electrons. The number of amides is 5. The number of carbonyl (C=O) groups excluding carboxylic acids is 4. The van der Waals surface area contributed by atoms with Crippen LogP contribution in [0.4, 0.5) is 9.93 Å². The van der Waals surface area contributed by atoms with E-state index >= 15 is 0 Å². The van der Waals surface area contributed by atoms with Crippen LogP contribution < -0.4 is 11.1 Å². The highest BCUT2D eigenvalue weighted by Crippen LogP contribution is 2.40. The highest BCUT2D eigenvalue weighted by molar-refractivity contribution is 7.19. The number of likely N-dealkylation sites (tertiary alicyclic amines) is 2. The molecule has 0 bridgehead atoms. The minimum Gasteiger partial charge on any atom is -0.508 e. The Morgan fingerprint density at radius 1 is 0.868 bits per heavy atom. The third-order valence-electron chi connectivity index (χ3n) is 14.2. The number of ether oxygens (including phenoxy) is 1. The number of phenols is 2. The van der Waals surface area contributed by atoms with Crippen molar-refractivity contribution in [2.24, 2.45) is 11.7 Å². The Bertz CT molecular complexity index is 2580. The average Bonchev–Trinajstić information content (AvgIpc) is 4.05. The molecule has 3 fully saturated rings. The number of benzene rings is 2. The van der Waals surface area contributed by atoms with Crippen molar-refractivity contribution in [1.82, 2.24) is 39.5 Å². The van der Waals surface area contributed by atoms with Crippen molar-refractivity contribution in [2.45, 2.75) is 110 Å². The predicted molar refractivity (Wildman–Crippen MR) is 257 cm³/mol. The molecule has 2 atom stereocenters. The quantitative estimate of drug-likeness (QED) is 0.153. The van der Waals surface area contributed by atoms with Gasteiger partial charge < -0.3 is 40.3 Å². The van der Waals surface area contributed by atoms with Crippen LogP contribution in [0.3, 0.4) is 0 Å². The van der Waals surface area contributed by atoms with Crippen LogP contribution in [-0.4, -0.2) is 145 Å². The van der Waals surface area contributed by atoms with Gasteiger partial charge in [0.15, 0.2) is 5.13 Å². The van der Waals surface area contributed by atoms with Gasteiger partial charge in [-0.05, 0) is 77.8 Å². The number of nitrogens with zero attached hydrogens (tertiary/aromatic N) is 8. The molecule has 0 unspecified atom stereocenters. The first kappa shape index (κ1) is 47.4. The number of urea groups is 1. The number of aryl methyl sites for hydroxylation is 2. The van der Waals surface area contributed by atoms with E-state index in [0.717, 1.165) is 97.3 Å². The van der Waals surface area contributed by atoms with E-state index in [-0.39, 0.29) is 53.4 Å². The second-order valence-corrected chi connectivity index (χ2v) is 21.5. The number of hydrogen-bond acceptors (Lipinski definition) is 13. The molecular formula is C50H64N10O7S. The number of anilines is 1. The molecular weight excluding hydrogens is 885 g/mol. The molecule has 18 heteroatoms. The zero-order chi connectivity index (χ0) is 48.0. The minimum atomic E-state index is -1.02. The van der Waals surface area contributed by atoms with Gasteiger partial charge in [0.25, 0.3) is 5.91 Å². The van der Waals surface area contributed by atoms with Crippen molar-refractivity contribution in [1.29, 1.82) is 0 Å². The Kier molecular flexibility index (Phi) is 13.5. The summed E-state index contributed by atoms with van der Waals surface area (Å²) < 4.78 is 6.05. The molecule has 2 aromatic carbocycles. The number of piperidine rings is 1. The van der Waals surface area contributed by atoms with E-state index in [1.165, 1.54) is 27.9 Å². The number of carbonyl (C=O) groups is 4. The van der Waals surface area contributed by atoms with Crippen molar-refractivity contribution in [3.05, 3.63) is 81.4 Å². The van der Waals surface area contributed by atoms with Crippen LogP contribution in [0.25, 0.3) is 10.6 Å². The van der Waals surface area contributed by atoms with Crippen molar-refractivity contribution >= 4 is 40.2 Å². The second-order valence-electron chi connectivity index (χ2n) is 20.5. The van der Waals surface area contributed by atoms with Gasteiger partial charge in [0, 0.05) is 89.7 Å². The van der Waals surface area contributed by atoms with Crippen LogP contribution in [0.15, 0.2) is 36.5 Å². The highest BCUT2D eigenvalue weighted by Gasteiger charge is 2.43. The van der Waals surface area contributed by atoms with Gasteiger partial charge in [-0.1, -0.05) is 64.2 Å². The highest BCUT2D eigenvalue weighted by atomic mass is 32.1. The number of nitrogens with one attached hydrogen (secondary N) is 1. The molecule has 17 nitrogen and oxygen atoms in total. The molecule has 6 heterocycles. The fraction of sp³-hybridized carbons (Fsp3) is 0.540. The Morgan fingerprint density at radius 2 is 1.60 bits per heavy atom. The van der Waals surface area contributed by atoms with Crippen molar-refractivity contribution in [3.8, 4) is 22.1 Å². The molecule has 0 radical (unpaired) electrons. The molecule has 5 aliphatic rings. The van der Waals surface area contributed by atoms with E-state index in [2.05, 4.69) is 59.1 Å². The summed E-state index contributed by atoms with van der Waals surface area (Å²) in [7, 11) is 0. The fourth-order valence-electron chi connectivity index (χ4n) is 10.3. The van der Waals surface area contributed by atoms with E-state index in [9.17, 15) is 29.4 Å². The third kappa shape index (κ3) is 10.0. The first-order valence-electron chi connectivity index (χ1n) is 24.0. The number of primary amides is 1. The van der Waals surface area contributed by atoms with Crippen LogP contribution in [0.2, 0.25) is 0 Å². The third-order valence-corrected chi connectivity index (χ3v) is 15.3. The van der Waals surface area contributed by atoms with Crippen LogP contribution in [0, 0.1) is 5.92 Å². The van der Waals surface area contributed by atoms with Crippen LogP contribution in [0.1, 0.15) is 109 Å². The number of aromatic nitrogens is 3. The Labute approximate surface area is 401 Å². The molecule has 3 saturated heterocycles. The van der Waals surface area contributed by atoms with Gasteiger partial charge in [-0.2, -0.15) is 0 Å². The van der Waals surface area contributed by atoms with Crippen molar-refractivity contribution in [2.75, 3.05) is 64.3 Å². The first-order valence-corrected chi connectivity index (χ1v) is 24.8. The standard InChI is InChI=1S/C50H64N10O7S/c1-29(2)35-21-36(39(62)22-38(35)61)46(65)59-26-33-7-6-31(20-34(33)27-59)25-57-18-16-56(17-19-57)24-30-10-13-58(14-11-30)41(63)28-67-40-12-15-60(43(40)45(51)64)49(66)55-48-53-37-9-8-32-23-52-47(50(3,4)5)54-42(32)44(37)68-48/h6-7,20-23,29-30,40,43,61-62H,8-19,24-28H2,1-5H3,(H2,51,64)(H,53,55,66)/t40-,43-/m1/s1. The molecule has 2 aromatic heterocycles. The number of fused-ring (bicyclic) bond motifs is 4. The summed E-state index contributed by atoms with van der Waals surface area (Å²) in [5.41, 5.74) is 12.7. The van der Waals surface area contributed by atoms with Gasteiger partial charge in [-0.25, -0.2) is 19.7 Å². The number of thiazole rings is 1. The van der Waals surface area contributed by atoms with Gasteiger partial charge in [0.05, 0.1) is 27.9 Å². The lowest BCUT2D eigenvalue weighted by atomic mass is 9.94. The summed E-state index contributed by atoms with van der Waals surface area (Å²) >= 11 is 1.36. The number of aromatic hydroxyl groups is 2. The lowest BCUT2D eigenvalue weighted by molar-refractivity contribution is -0.141. The zero-order valence-electron chi connectivity index (χ0n) is 39.8. The van der Waals surface area contributed by atoms with E-state index in [1.807, 2.05) is 24.9 Å². The van der Waals surface area contributed by atoms with Crippen LogP contribution in [-0.2, 0) is 52.2 Å². The molecule has 1 aliphatic carbocycles. The summed E-state index contributed by atoms with van der Waals surface area (Å²) in [4.78, 5) is 78.3. The molecule has 9 rings (SSSR count). The molecule has 68 heavy (non-hydrogen) atoms. The van der Waals surface area contributed by atoms with Crippen molar-refractivity contribution in [3.63, 3.8) is 0 Å². The summed E-state index contributed by atoms with van der Waals surface area (Å²) in [5, 5.41) is 24.1. The fourth-order valence-corrected chi connectivity index (χ4v) is 11.3. The smallest absolute Gasteiger partial charge is 0.324 e. The summed E-state index contributed by atoms with van der Waals surface area (Å²) in [6, 6.07) is 7.84. The molecule has 5 N–H and O–H groups in total. The summed E-state index contributed by atoms with van der Waals surface area (Å²) in [5.74, 6) is -0.0295. The molecule has 5 amide bonds. The Hall–Kier alpha value is -5.69. The number of rotatable bonds is 11. The largest absolute Gasteiger partial charge is 0.508 e. The maximum Gasteiger partial charge on any atom is 0.324 e. The maximum atomic E-state index is 13.6. The van der Waals surface area contributed by atoms with E-state index in [4.69, 9.17) is 20.4 Å². The molecule has 4 aliphatic heterocycles. The first-order chi connectivity index (χ1) is 32.5. The monoisotopic (exact) mass is 948 g/mol. The topological polar surface area (TPSA) is 211 Å². The average molecular weight is 949 g/mol. The van der Waals surface area contributed by atoms with Crippen LogP contribution in [0.5, 0.6) is 11.5 Å². The SMILES string of the molecule is CC(C)c1cc(C(=O)N2Cc3ccc(CN4CCN(CC5CCN(C(=O)CO[C@@H]6CCN(C(=O)Nc7nc8c(s7)-c7nc(C(C)(C)C)ncc7CC8)[C@H]6C(N)=O)CC5)CC4)cc3C2)c(O)cc1O. The second kappa shape index (κ2) is 19.4. The van der Waals surface area contributed by atoms with Crippen LogP contribution >= 0.6 is 11.3 Å². The van der Waals surface area contributed by atoms with E-state index in [0.29, 0.717) is 55.6 Å². The van der Waals surface area contributed by atoms with Gasteiger partial charge in [-0.3, -0.25) is 24.6 Å². The number of phenolic OH excluding ortho intramolecular Hbond substituents is 2. The van der Waals surface area contributed by atoms with Gasteiger partial charge in [0.1, 0.15) is 30.0 Å². The van der Waals surface area contributed by atoms with E-state index < -0.39 is 24.1 Å². The Morgan fingerprint density at radius 3 is 2.32 bits per heavy atom. The Balaban J connectivity index is 0.695. The summed E-state index contributed by atoms with van der Waals surface area (Å²) in [6.45, 7) is 18.1. The molecule has 0 saturated carbocycles. The van der Waals surface area contributed by atoms with Crippen molar-refractivity contribution < 1.29 is 34.1 Å². The minimum absolute atomic E-state index is 0.00627. The van der Waals surface area contributed by atoms with E-state index in [1.54, 1.807) is 11.0 Å².